The van der Waals surface area contributed by atoms with Gasteiger partial charge in [-0.3, -0.25) is 4.90 Å². The summed E-state index contributed by atoms with van der Waals surface area (Å²) in [5.41, 5.74) is 6.19. The molecule has 2 unspecified atom stereocenters. The molecule has 0 radical (unpaired) electrons. The van der Waals surface area contributed by atoms with Crippen molar-refractivity contribution in [2.45, 2.75) is 59.6 Å². The Balaban J connectivity index is 1.96. The molecule has 0 aliphatic carbocycles. The van der Waals surface area contributed by atoms with E-state index in [4.69, 9.17) is 10.5 Å². The molecule has 23 heavy (non-hydrogen) atoms. The lowest BCUT2D eigenvalue weighted by atomic mass is 10.1. The Hall–Kier alpha value is -0.430. The number of alkyl halides is 1. The molecule has 1 fully saturated rings. The summed E-state index contributed by atoms with van der Waals surface area (Å²) in [6.07, 6.45) is -1.64. The second-order valence-corrected chi connectivity index (χ2v) is 8.84. The lowest BCUT2D eigenvalue weighted by molar-refractivity contribution is -0.0308. The number of nitrogens with two attached hydrogens (primary N) is 1. The van der Waals surface area contributed by atoms with Gasteiger partial charge in [-0.25, -0.2) is 15.0 Å². The van der Waals surface area contributed by atoms with Gasteiger partial charge in [0.25, 0.3) is 0 Å². The number of hydrogen-bond donors (Lipinski definition) is 3. The smallest absolute Gasteiger partial charge is 0.221 e. The number of aliphatic imine (C=N–C) groups is 3. The summed E-state index contributed by atoms with van der Waals surface area (Å²) in [7, 11) is 0. The molecular weight excluding hydrogens is 433 g/mol. The Morgan fingerprint density at radius 1 is 1.39 bits per heavy atom. The van der Waals surface area contributed by atoms with E-state index < -0.39 is 29.4 Å². The summed E-state index contributed by atoms with van der Waals surface area (Å²) in [6, 6.07) is 0. The Morgan fingerprint density at radius 3 is 2.65 bits per heavy atom. The second kappa shape index (κ2) is 6.14. The molecule has 0 spiro atoms. The molecule has 0 saturated carbocycles. The van der Waals surface area contributed by atoms with Crippen molar-refractivity contribution in [3.63, 3.8) is 0 Å². The molecule has 0 bridgehead atoms. The van der Waals surface area contributed by atoms with Crippen LogP contribution >= 0.6 is 34.4 Å². The van der Waals surface area contributed by atoms with Crippen molar-refractivity contribution < 1.29 is 14.9 Å². The van der Waals surface area contributed by atoms with Crippen LogP contribution in [0.4, 0.5) is 0 Å². The van der Waals surface area contributed by atoms with Crippen LogP contribution in [0.2, 0.25) is 0 Å². The van der Waals surface area contributed by atoms with E-state index in [1.54, 1.807) is 18.2 Å². The van der Waals surface area contributed by atoms with E-state index >= 15 is 0 Å². The fraction of sp³-hybridized carbons (Fsp3) is 0.769. The molecule has 1 saturated heterocycles. The van der Waals surface area contributed by atoms with Crippen molar-refractivity contribution in [3.05, 3.63) is 0 Å². The largest absolute Gasteiger partial charge is 0.388 e. The summed E-state index contributed by atoms with van der Waals surface area (Å²) in [5, 5.41) is 20.5. The van der Waals surface area contributed by atoms with E-state index in [-0.39, 0.29) is 9.42 Å². The number of rotatable bonds is 3. The third kappa shape index (κ3) is 2.77. The second-order valence-electron chi connectivity index (χ2n) is 5.95. The highest BCUT2D eigenvalue weighted by Crippen LogP contribution is 2.41. The van der Waals surface area contributed by atoms with Crippen LogP contribution in [-0.2, 0) is 4.74 Å². The van der Waals surface area contributed by atoms with E-state index in [1.165, 1.54) is 11.8 Å². The summed E-state index contributed by atoms with van der Waals surface area (Å²) in [4.78, 5) is 14.2. The molecular formula is C13H20IN5O3S. The van der Waals surface area contributed by atoms with E-state index in [0.29, 0.717) is 11.7 Å². The molecule has 6 atom stereocenters. The molecule has 8 nitrogen and oxygen atoms in total. The zero-order chi connectivity index (χ0) is 16.9. The van der Waals surface area contributed by atoms with E-state index in [9.17, 15) is 10.2 Å². The molecule has 0 amide bonds. The van der Waals surface area contributed by atoms with E-state index in [2.05, 4.69) is 37.6 Å². The number of aliphatic hydroxyl groups excluding tert-OH is 2. The number of ether oxygens (including phenoxy) is 1. The van der Waals surface area contributed by atoms with Gasteiger partial charge in [0, 0.05) is 5.25 Å². The number of nitrogens with zero attached hydrogens (tertiary/aromatic N) is 4. The Bertz CT molecular complexity index is 586. The number of amidine groups is 2. The topological polar surface area (TPSA) is 116 Å². The van der Waals surface area contributed by atoms with Gasteiger partial charge in [-0.2, -0.15) is 0 Å². The molecule has 128 valence electrons. The lowest BCUT2D eigenvalue weighted by Crippen LogP contribution is -2.55. The van der Waals surface area contributed by atoms with E-state index in [1.807, 2.05) is 13.8 Å². The number of hydrogen-bond acceptors (Lipinski definition) is 9. The van der Waals surface area contributed by atoms with Crippen LogP contribution in [0.15, 0.2) is 15.0 Å². The molecule has 3 aliphatic rings. The van der Waals surface area contributed by atoms with Gasteiger partial charge in [-0.05, 0) is 29.5 Å². The van der Waals surface area contributed by atoms with E-state index in [0.717, 1.165) is 0 Å². The van der Waals surface area contributed by atoms with Gasteiger partial charge < -0.3 is 20.7 Å². The molecule has 10 heteroatoms. The summed E-state index contributed by atoms with van der Waals surface area (Å²) < 4.78 is 5.35. The molecule has 3 heterocycles. The maximum atomic E-state index is 10.3. The van der Waals surface area contributed by atoms with Crippen LogP contribution < -0.4 is 5.73 Å². The van der Waals surface area contributed by atoms with Gasteiger partial charge in [0.05, 0.1) is 12.4 Å². The first-order valence-electron chi connectivity index (χ1n) is 7.35. The van der Waals surface area contributed by atoms with Crippen molar-refractivity contribution in [1.82, 2.24) is 4.90 Å². The first-order chi connectivity index (χ1) is 10.8. The van der Waals surface area contributed by atoms with Crippen LogP contribution in [0.1, 0.15) is 20.8 Å². The highest BCUT2D eigenvalue weighted by Gasteiger charge is 2.55. The molecule has 0 aromatic rings. The fourth-order valence-electron chi connectivity index (χ4n) is 2.83. The maximum absolute atomic E-state index is 10.3. The maximum Gasteiger partial charge on any atom is 0.221 e. The van der Waals surface area contributed by atoms with Crippen molar-refractivity contribution in [3.8, 4) is 0 Å². The van der Waals surface area contributed by atoms with Crippen molar-refractivity contribution in [1.29, 1.82) is 0 Å². The van der Waals surface area contributed by atoms with Gasteiger partial charge in [0.1, 0.15) is 18.0 Å². The van der Waals surface area contributed by atoms with Crippen molar-refractivity contribution in [2.75, 3.05) is 0 Å². The Labute approximate surface area is 152 Å². The predicted octanol–water partition coefficient (Wildman–Crippen LogP) is 0.123. The highest BCUT2D eigenvalue weighted by molar-refractivity contribution is 14.1. The predicted molar refractivity (Wildman–Crippen MR) is 99.0 cm³/mol. The average molecular weight is 453 g/mol. The minimum Gasteiger partial charge on any atom is -0.388 e. The van der Waals surface area contributed by atoms with Crippen LogP contribution in [0.3, 0.4) is 0 Å². The van der Waals surface area contributed by atoms with Crippen molar-refractivity contribution >= 4 is 52.4 Å². The first kappa shape index (κ1) is 17.4. The van der Waals surface area contributed by atoms with Gasteiger partial charge >= 0.3 is 0 Å². The number of halogens is 1. The average Bonchev–Trinajstić information content (AvgIpc) is 2.93. The van der Waals surface area contributed by atoms with Crippen LogP contribution in [0.5, 0.6) is 0 Å². The van der Waals surface area contributed by atoms with Crippen LogP contribution in [0, 0.1) is 0 Å². The number of fused-ring (bicyclic) bond motifs is 1. The third-order valence-electron chi connectivity index (χ3n) is 3.89. The van der Waals surface area contributed by atoms with Gasteiger partial charge in [0.2, 0.25) is 4.87 Å². The van der Waals surface area contributed by atoms with Gasteiger partial charge in [-0.1, -0.05) is 13.8 Å². The van der Waals surface area contributed by atoms with Gasteiger partial charge in [0.15, 0.2) is 16.2 Å². The minimum absolute atomic E-state index is 0.246. The molecule has 3 aliphatic heterocycles. The SMILES string of the molecule is CC(C)SC12N=CN([C@@H]3O[C@H](C)[C@@H](O)[C@H]3O)C1=NC(I)N=C2N. The standard InChI is InChI=1S/C13H20IN5O3S/c1-5(2)23-13-10(15)17-12(14)18-11(13)19(4-16-13)9-8(21)7(20)6(3)22-9/h4-9,12,20-21H,1-3H3,(H2,15,17)/t6-,7-,8-,9-,12?,13?/m1/s1. The fourth-order valence-corrected chi connectivity index (χ4v) is 4.62. The van der Waals surface area contributed by atoms with Gasteiger partial charge in [-0.15, -0.1) is 11.8 Å². The monoisotopic (exact) mass is 453 g/mol. The Kier molecular flexibility index (Phi) is 4.64. The molecule has 0 aromatic carbocycles. The summed E-state index contributed by atoms with van der Waals surface area (Å²) in [5.74, 6) is 0.980. The van der Waals surface area contributed by atoms with Crippen LogP contribution in [0.25, 0.3) is 0 Å². The third-order valence-corrected chi connectivity index (χ3v) is 5.76. The lowest BCUT2D eigenvalue weighted by Gasteiger charge is -2.35. The normalized spacial score (nSPS) is 42.9. The van der Waals surface area contributed by atoms with Crippen molar-refractivity contribution in [2.24, 2.45) is 20.7 Å². The zero-order valence-corrected chi connectivity index (χ0v) is 16.0. The number of thioether (sulfide) groups is 1. The summed E-state index contributed by atoms with van der Waals surface area (Å²) >= 11 is 3.62. The minimum atomic E-state index is -1.05. The molecule has 3 rings (SSSR count). The molecule has 0 aromatic heterocycles. The molecule has 4 N–H and O–H groups in total. The highest BCUT2D eigenvalue weighted by atomic mass is 127. The first-order valence-corrected chi connectivity index (χ1v) is 9.48. The number of aliphatic hydroxyl groups is 2. The summed E-state index contributed by atoms with van der Waals surface area (Å²) in [6.45, 7) is 5.81. The zero-order valence-electron chi connectivity index (χ0n) is 13.0. The quantitative estimate of drug-likeness (QED) is 0.318. The Morgan fingerprint density at radius 2 is 2.09 bits per heavy atom. The van der Waals surface area contributed by atoms with Crippen LogP contribution in [-0.4, -0.2) is 72.0 Å².